The quantitative estimate of drug-likeness (QED) is 0.934. The van der Waals surface area contributed by atoms with Gasteiger partial charge in [-0.2, -0.15) is 11.8 Å². The van der Waals surface area contributed by atoms with Crippen LogP contribution in [0.4, 0.5) is 0 Å². The zero-order valence-corrected chi connectivity index (χ0v) is 12.1. The summed E-state index contributed by atoms with van der Waals surface area (Å²) < 4.78 is 10.8. The van der Waals surface area contributed by atoms with E-state index < -0.39 is 5.97 Å². The van der Waals surface area contributed by atoms with Crippen LogP contribution in [0.5, 0.6) is 5.75 Å². The predicted octanol–water partition coefficient (Wildman–Crippen LogP) is 3.31. The lowest BCUT2D eigenvalue weighted by Gasteiger charge is -2.22. The number of carboxylic acid groups (broad SMARTS) is 1. The fourth-order valence-corrected chi connectivity index (χ4v) is 3.29. The van der Waals surface area contributed by atoms with Gasteiger partial charge in [0.2, 0.25) is 5.76 Å². The summed E-state index contributed by atoms with van der Waals surface area (Å²) in [5.41, 5.74) is 1.28. The van der Waals surface area contributed by atoms with Crippen LogP contribution < -0.4 is 4.74 Å². The topological polar surface area (TPSA) is 72.6 Å². The van der Waals surface area contributed by atoms with Gasteiger partial charge in [-0.1, -0.05) is 17.3 Å². The van der Waals surface area contributed by atoms with Gasteiger partial charge in [-0.15, -0.1) is 0 Å². The Morgan fingerprint density at radius 1 is 1.33 bits per heavy atom. The Balaban J connectivity index is 1.76. The molecule has 0 aliphatic carbocycles. The summed E-state index contributed by atoms with van der Waals surface area (Å²) >= 11 is 1.96. The zero-order chi connectivity index (χ0) is 14.7. The van der Waals surface area contributed by atoms with Gasteiger partial charge in [-0.25, -0.2) is 4.79 Å². The molecular weight excluding hydrogens is 290 g/mol. The average Bonchev–Trinajstić information content (AvgIpc) is 2.99. The zero-order valence-electron chi connectivity index (χ0n) is 11.3. The molecule has 0 atom stereocenters. The second-order valence-electron chi connectivity index (χ2n) is 4.84. The number of ether oxygens (including phenoxy) is 1. The maximum Gasteiger partial charge on any atom is 0.374 e. The summed E-state index contributed by atoms with van der Waals surface area (Å²) in [6.45, 7) is 0. The minimum atomic E-state index is -1.12. The number of hydrogen-bond acceptors (Lipinski definition) is 5. The standard InChI is InChI=1S/C15H15NO4S/c17-15(18)14-9-13(16-20-14)10-2-1-3-12(8-10)19-11-4-6-21-7-5-11/h1-3,8-9,11H,4-7H2,(H,17,18). The van der Waals surface area contributed by atoms with Crippen molar-refractivity contribution in [1.29, 1.82) is 0 Å². The molecule has 0 amide bonds. The molecule has 1 fully saturated rings. The van der Waals surface area contributed by atoms with Crippen molar-refractivity contribution in [3.05, 3.63) is 36.1 Å². The maximum atomic E-state index is 10.8. The first-order valence-electron chi connectivity index (χ1n) is 6.77. The number of nitrogens with zero attached hydrogens (tertiary/aromatic N) is 1. The molecule has 6 heteroatoms. The van der Waals surface area contributed by atoms with Crippen molar-refractivity contribution in [1.82, 2.24) is 5.16 Å². The largest absolute Gasteiger partial charge is 0.490 e. The molecule has 0 radical (unpaired) electrons. The monoisotopic (exact) mass is 305 g/mol. The van der Waals surface area contributed by atoms with Gasteiger partial charge >= 0.3 is 5.97 Å². The Hall–Kier alpha value is -1.95. The minimum Gasteiger partial charge on any atom is -0.490 e. The maximum absolute atomic E-state index is 10.8. The summed E-state index contributed by atoms with van der Waals surface area (Å²) in [4.78, 5) is 10.8. The van der Waals surface area contributed by atoms with E-state index >= 15 is 0 Å². The van der Waals surface area contributed by atoms with E-state index in [9.17, 15) is 4.79 Å². The van der Waals surface area contributed by atoms with E-state index in [-0.39, 0.29) is 11.9 Å². The van der Waals surface area contributed by atoms with Crippen molar-refractivity contribution in [3.8, 4) is 17.0 Å². The van der Waals surface area contributed by atoms with Gasteiger partial charge in [0, 0.05) is 11.6 Å². The highest BCUT2D eigenvalue weighted by molar-refractivity contribution is 7.99. The Labute approximate surface area is 126 Å². The summed E-state index contributed by atoms with van der Waals surface area (Å²) in [6, 6.07) is 8.91. The van der Waals surface area contributed by atoms with E-state index in [4.69, 9.17) is 14.4 Å². The van der Waals surface area contributed by atoms with Crippen LogP contribution >= 0.6 is 11.8 Å². The molecule has 1 aliphatic rings. The summed E-state index contributed by atoms with van der Waals surface area (Å²) in [5, 5.41) is 12.6. The number of benzene rings is 1. The molecule has 1 N–H and O–H groups in total. The van der Waals surface area contributed by atoms with E-state index in [1.54, 1.807) is 0 Å². The molecule has 2 heterocycles. The molecule has 0 saturated carbocycles. The van der Waals surface area contributed by atoms with Crippen LogP contribution in [0.2, 0.25) is 0 Å². The molecule has 2 aromatic rings. The molecule has 1 aromatic heterocycles. The fraction of sp³-hybridized carbons (Fsp3) is 0.333. The summed E-state index contributed by atoms with van der Waals surface area (Å²) in [7, 11) is 0. The van der Waals surface area contributed by atoms with Crippen molar-refractivity contribution >= 4 is 17.7 Å². The molecular formula is C15H15NO4S. The van der Waals surface area contributed by atoms with Gasteiger partial charge in [-0.3, -0.25) is 0 Å². The lowest BCUT2D eigenvalue weighted by molar-refractivity contribution is 0.0652. The lowest BCUT2D eigenvalue weighted by atomic mass is 10.1. The van der Waals surface area contributed by atoms with Gasteiger partial charge in [0.1, 0.15) is 17.5 Å². The van der Waals surface area contributed by atoms with E-state index in [0.29, 0.717) is 5.69 Å². The van der Waals surface area contributed by atoms with Crippen LogP contribution in [0, 0.1) is 0 Å². The molecule has 0 spiro atoms. The van der Waals surface area contributed by atoms with E-state index in [1.807, 2.05) is 36.0 Å². The Morgan fingerprint density at radius 2 is 2.14 bits per heavy atom. The molecule has 110 valence electrons. The number of carbonyl (C=O) groups is 1. The fourth-order valence-electron chi connectivity index (χ4n) is 2.23. The Bertz CT molecular complexity index is 634. The number of hydrogen-bond donors (Lipinski definition) is 1. The van der Waals surface area contributed by atoms with Gasteiger partial charge < -0.3 is 14.4 Å². The summed E-state index contributed by atoms with van der Waals surface area (Å²) in [5.74, 6) is 1.76. The van der Waals surface area contributed by atoms with Crippen molar-refractivity contribution in [2.45, 2.75) is 18.9 Å². The van der Waals surface area contributed by atoms with Crippen LogP contribution in [0.1, 0.15) is 23.4 Å². The van der Waals surface area contributed by atoms with Crippen LogP contribution in [0.15, 0.2) is 34.9 Å². The third-order valence-corrected chi connectivity index (χ3v) is 4.37. The normalized spacial score (nSPS) is 15.8. The molecule has 3 rings (SSSR count). The Morgan fingerprint density at radius 3 is 2.86 bits per heavy atom. The third-order valence-electron chi connectivity index (χ3n) is 3.32. The van der Waals surface area contributed by atoms with E-state index in [0.717, 1.165) is 35.7 Å². The molecule has 0 bridgehead atoms. The SMILES string of the molecule is O=C(O)c1cc(-c2cccc(OC3CCSCC3)c2)no1. The average molecular weight is 305 g/mol. The Kier molecular flexibility index (Phi) is 4.15. The van der Waals surface area contributed by atoms with Crippen LogP contribution in [-0.4, -0.2) is 33.8 Å². The molecule has 1 aliphatic heterocycles. The molecule has 5 nitrogen and oxygen atoms in total. The smallest absolute Gasteiger partial charge is 0.374 e. The first kappa shape index (κ1) is 14.0. The van der Waals surface area contributed by atoms with Crippen molar-refractivity contribution in [3.63, 3.8) is 0 Å². The third kappa shape index (κ3) is 3.39. The molecule has 1 saturated heterocycles. The van der Waals surface area contributed by atoms with Crippen LogP contribution in [0.25, 0.3) is 11.3 Å². The first-order valence-corrected chi connectivity index (χ1v) is 7.93. The van der Waals surface area contributed by atoms with Crippen molar-refractivity contribution < 1.29 is 19.2 Å². The number of carboxylic acids is 1. The van der Waals surface area contributed by atoms with Gasteiger partial charge in [-0.05, 0) is 36.5 Å². The minimum absolute atomic E-state index is 0.166. The number of rotatable bonds is 4. The van der Waals surface area contributed by atoms with Gasteiger partial charge in [0.25, 0.3) is 0 Å². The van der Waals surface area contributed by atoms with Gasteiger partial charge in [0.05, 0.1) is 0 Å². The van der Waals surface area contributed by atoms with Crippen LogP contribution in [0.3, 0.4) is 0 Å². The molecule has 0 unspecified atom stereocenters. The van der Waals surface area contributed by atoms with Crippen molar-refractivity contribution in [2.24, 2.45) is 0 Å². The molecule has 21 heavy (non-hydrogen) atoms. The van der Waals surface area contributed by atoms with Crippen molar-refractivity contribution in [2.75, 3.05) is 11.5 Å². The second-order valence-corrected chi connectivity index (χ2v) is 6.06. The lowest BCUT2D eigenvalue weighted by Crippen LogP contribution is -2.21. The highest BCUT2D eigenvalue weighted by Crippen LogP contribution is 2.27. The highest BCUT2D eigenvalue weighted by Gasteiger charge is 2.16. The highest BCUT2D eigenvalue weighted by atomic mass is 32.2. The molecule has 1 aromatic carbocycles. The van der Waals surface area contributed by atoms with E-state index in [2.05, 4.69) is 5.16 Å². The second kappa shape index (κ2) is 6.22. The number of thioether (sulfide) groups is 1. The van der Waals surface area contributed by atoms with Gasteiger partial charge in [0.15, 0.2) is 0 Å². The predicted molar refractivity (Wildman–Crippen MR) is 79.9 cm³/mol. The number of aromatic nitrogens is 1. The summed E-state index contributed by atoms with van der Waals surface area (Å²) in [6.07, 6.45) is 2.37. The number of aromatic carboxylic acids is 1. The van der Waals surface area contributed by atoms with E-state index in [1.165, 1.54) is 6.07 Å². The first-order chi connectivity index (χ1) is 10.2. The van der Waals surface area contributed by atoms with Crippen LogP contribution in [-0.2, 0) is 0 Å².